The molecule has 126 valence electrons. The van der Waals surface area contributed by atoms with Crippen LogP contribution in [0.4, 0.5) is 0 Å². The van der Waals surface area contributed by atoms with Gasteiger partial charge in [-0.25, -0.2) is 0 Å². The summed E-state index contributed by atoms with van der Waals surface area (Å²) in [6, 6.07) is 8.47. The molecule has 0 spiro atoms. The molecule has 0 aliphatic carbocycles. The quantitative estimate of drug-likeness (QED) is 0.392. The Labute approximate surface area is 140 Å². The molecule has 0 bridgehead atoms. The van der Waals surface area contributed by atoms with Gasteiger partial charge in [0.05, 0.1) is 13.2 Å². The van der Waals surface area contributed by atoms with Crippen molar-refractivity contribution in [2.45, 2.75) is 33.3 Å². The summed E-state index contributed by atoms with van der Waals surface area (Å²) in [5.74, 6) is 0.999. The number of aryl methyl sites for hydroxylation is 1. The van der Waals surface area contributed by atoms with Crippen LogP contribution in [0.5, 0.6) is 0 Å². The predicted molar refractivity (Wildman–Crippen MR) is 96.9 cm³/mol. The van der Waals surface area contributed by atoms with Gasteiger partial charge in [-0.15, -0.1) is 0 Å². The fraction of sp³-hybridized carbons (Fsp3) is 0.526. The van der Waals surface area contributed by atoms with Gasteiger partial charge in [0.25, 0.3) is 0 Å². The number of ether oxygens (including phenoxy) is 1. The van der Waals surface area contributed by atoms with Gasteiger partial charge in [0, 0.05) is 19.6 Å². The van der Waals surface area contributed by atoms with Gasteiger partial charge in [0.1, 0.15) is 6.10 Å². The predicted octanol–water partition coefficient (Wildman–Crippen LogP) is 3.30. The number of aliphatic imine (C=N–C) groups is 1. The van der Waals surface area contributed by atoms with E-state index in [9.17, 15) is 0 Å². The Morgan fingerprint density at radius 1 is 1.43 bits per heavy atom. The third-order valence-corrected chi connectivity index (χ3v) is 4.03. The van der Waals surface area contributed by atoms with E-state index in [1.54, 1.807) is 0 Å². The molecule has 1 saturated heterocycles. The first-order valence-corrected chi connectivity index (χ1v) is 8.57. The van der Waals surface area contributed by atoms with Gasteiger partial charge in [-0.1, -0.05) is 36.4 Å². The van der Waals surface area contributed by atoms with Crippen LogP contribution in [-0.4, -0.2) is 43.6 Å². The van der Waals surface area contributed by atoms with Crippen molar-refractivity contribution in [2.75, 3.05) is 32.8 Å². The minimum atomic E-state index is 0.115. The Morgan fingerprint density at radius 2 is 2.26 bits per heavy atom. The molecule has 1 heterocycles. The minimum absolute atomic E-state index is 0.115. The summed E-state index contributed by atoms with van der Waals surface area (Å²) in [6.45, 7) is 10.5. The monoisotopic (exact) mass is 315 g/mol. The standard InChI is InChI=1S/C19H29N3O/c1-4-6-9-12-21-19(20-5-2)22-13-14-23-18(15-22)17-11-8-7-10-16(17)3/h4,6-8,10-11,18H,5,9,12-15H2,1-3H3,(H,20,21)/b6-4+. The Kier molecular flexibility index (Phi) is 7.14. The Bertz CT molecular complexity index is 539. The number of hydrogen-bond donors (Lipinski definition) is 1. The molecule has 23 heavy (non-hydrogen) atoms. The molecule has 1 aliphatic rings. The number of nitrogens with zero attached hydrogens (tertiary/aromatic N) is 2. The van der Waals surface area contributed by atoms with Gasteiger partial charge >= 0.3 is 0 Å². The van der Waals surface area contributed by atoms with Crippen LogP contribution in [0.2, 0.25) is 0 Å². The highest BCUT2D eigenvalue weighted by Gasteiger charge is 2.24. The van der Waals surface area contributed by atoms with Crippen molar-refractivity contribution in [1.29, 1.82) is 0 Å². The number of hydrogen-bond acceptors (Lipinski definition) is 2. The second-order valence-corrected chi connectivity index (χ2v) is 5.76. The molecular weight excluding hydrogens is 286 g/mol. The van der Waals surface area contributed by atoms with Crippen LogP contribution in [0, 0.1) is 6.92 Å². The average Bonchev–Trinajstić information content (AvgIpc) is 2.58. The van der Waals surface area contributed by atoms with Crippen LogP contribution in [0.3, 0.4) is 0 Å². The first kappa shape index (κ1) is 17.5. The second kappa shape index (κ2) is 9.36. The fourth-order valence-electron chi connectivity index (χ4n) is 2.82. The largest absolute Gasteiger partial charge is 0.370 e. The molecule has 0 amide bonds. The Balaban J connectivity index is 2.06. The smallest absolute Gasteiger partial charge is 0.194 e. The zero-order valence-corrected chi connectivity index (χ0v) is 14.6. The highest BCUT2D eigenvalue weighted by Crippen LogP contribution is 2.24. The highest BCUT2D eigenvalue weighted by atomic mass is 16.5. The summed E-state index contributed by atoms with van der Waals surface area (Å²) in [6.07, 6.45) is 5.33. The fourth-order valence-corrected chi connectivity index (χ4v) is 2.82. The van der Waals surface area contributed by atoms with Crippen molar-refractivity contribution in [3.63, 3.8) is 0 Å². The number of morpholine rings is 1. The number of nitrogens with one attached hydrogen (secondary N) is 1. The van der Waals surface area contributed by atoms with Crippen molar-refractivity contribution in [3.8, 4) is 0 Å². The van der Waals surface area contributed by atoms with E-state index in [1.165, 1.54) is 11.1 Å². The summed E-state index contributed by atoms with van der Waals surface area (Å²) in [5, 5.41) is 3.41. The van der Waals surface area contributed by atoms with E-state index < -0.39 is 0 Å². The number of allylic oxidation sites excluding steroid dienone is 1. The van der Waals surface area contributed by atoms with E-state index in [-0.39, 0.29) is 6.10 Å². The molecule has 1 aromatic rings. The van der Waals surface area contributed by atoms with Gasteiger partial charge in [-0.05, 0) is 38.3 Å². The maximum Gasteiger partial charge on any atom is 0.194 e. The molecule has 2 rings (SSSR count). The van der Waals surface area contributed by atoms with Crippen molar-refractivity contribution in [1.82, 2.24) is 10.2 Å². The molecule has 0 radical (unpaired) electrons. The van der Waals surface area contributed by atoms with Gasteiger partial charge in [-0.3, -0.25) is 4.99 Å². The van der Waals surface area contributed by atoms with Gasteiger partial charge < -0.3 is 15.0 Å². The summed E-state index contributed by atoms with van der Waals surface area (Å²) < 4.78 is 6.01. The van der Waals surface area contributed by atoms with Crippen molar-refractivity contribution < 1.29 is 4.74 Å². The molecule has 0 saturated carbocycles. The van der Waals surface area contributed by atoms with E-state index in [4.69, 9.17) is 9.73 Å². The van der Waals surface area contributed by atoms with Crippen LogP contribution in [0.15, 0.2) is 41.4 Å². The van der Waals surface area contributed by atoms with E-state index in [1.807, 2.05) is 6.92 Å². The maximum absolute atomic E-state index is 6.01. The zero-order chi connectivity index (χ0) is 16.5. The molecule has 1 unspecified atom stereocenters. The summed E-state index contributed by atoms with van der Waals surface area (Å²) in [5.41, 5.74) is 2.57. The SMILES string of the molecule is C/C=C/CCN=C(NCC)N1CCOC(c2ccccc2C)C1. The van der Waals surface area contributed by atoms with Crippen molar-refractivity contribution >= 4 is 5.96 Å². The Morgan fingerprint density at radius 3 is 3.00 bits per heavy atom. The molecule has 1 N–H and O–H groups in total. The lowest BCUT2D eigenvalue weighted by Gasteiger charge is -2.35. The normalized spacial score (nSPS) is 19.3. The molecule has 4 nitrogen and oxygen atoms in total. The topological polar surface area (TPSA) is 36.9 Å². The average molecular weight is 315 g/mol. The number of guanidine groups is 1. The third kappa shape index (κ3) is 5.10. The molecule has 1 fully saturated rings. The summed E-state index contributed by atoms with van der Waals surface area (Å²) in [7, 11) is 0. The first-order chi connectivity index (χ1) is 11.3. The molecule has 0 aromatic heterocycles. The van der Waals surface area contributed by atoms with Gasteiger partial charge in [0.2, 0.25) is 0 Å². The summed E-state index contributed by atoms with van der Waals surface area (Å²) in [4.78, 5) is 7.07. The van der Waals surface area contributed by atoms with Crippen LogP contribution in [-0.2, 0) is 4.74 Å². The van der Waals surface area contributed by atoms with Crippen LogP contribution >= 0.6 is 0 Å². The van der Waals surface area contributed by atoms with E-state index >= 15 is 0 Å². The summed E-state index contributed by atoms with van der Waals surface area (Å²) >= 11 is 0. The lowest BCUT2D eigenvalue weighted by molar-refractivity contribution is -0.00832. The van der Waals surface area contributed by atoms with Crippen molar-refractivity contribution in [2.24, 2.45) is 4.99 Å². The third-order valence-electron chi connectivity index (χ3n) is 4.03. The molecule has 1 aromatic carbocycles. The van der Waals surface area contributed by atoms with Crippen LogP contribution in [0.25, 0.3) is 0 Å². The molecule has 4 heteroatoms. The highest BCUT2D eigenvalue weighted by molar-refractivity contribution is 5.80. The van der Waals surface area contributed by atoms with E-state index in [2.05, 4.69) is 60.5 Å². The maximum atomic E-state index is 6.01. The van der Waals surface area contributed by atoms with Gasteiger partial charge in [0.15, 0.2) is 5.96 Å². The van der Waals surface area contributed by atoms with Crippen LogP contribution in [0.1, 0.15) is 37.5 Å². The van der Waals surface area contributed by atoms with Crippen molar-refractivity contribution in [3.05, 3.63) is 47.5 Å². The Hall–Kier alpha value is -1.81. The molecule has 1 aliphatic heterocycles. The minimum Gasteiger partial charge on any atom is -0.370 e. The van der Waals surface area contributed by atoms with E-state index in [0.717, 1.165) is 45.2 Å². The first-order valence-electron chi connectivity index (χ1n) is 8.57. The number of rotatable bonds is 5. The molecule has 1 atom stereocenters. The van der Waals surface area contributed by atoms with E-state index in [0.29, 0.717) is 0 Å². The lowest BCUT2D eigenvalue weighted by atomic mass is 10.0. The zero-order valence-electron chi connectivity index (χ0n) is 14.6. The second-order valence-electron chi connectivity index (χ2n) is 5.76. The number of benzene rings is 1. The van der Waals surface area contributed by atoms with Gasteiger partial charge in [-0.2, -0.15) is 0 Å². The van der Waals surface area contributed by atoms with Crippen LogP contribution < -0.4 is 5.32 Å². The molecular formula is C19H29N3O. The lowest BCUT2D eigenvalue weighted by Crippen LogP contribution is -2.48.